The second-order valence-electron chi connectivity index (χ2n) is 5.74. The molecule has 0 unspecified atom stereocenters. The van der Waals surface area contributed by atoms with Gasteiger partial charge in [0, 0.05) is 41.9 Å². The molecule has 1 fully saturated rings. The number of hydrogen-bond donors (Lipinski definition) is 1. The first kappa shape index (κ1) is 16.5. The third kappa shape index (κ3) is 3.28. The van der Waals surface area contributed by atoms with Crippen LogP contribution in [0.25, 0.3) is 0 Å². The Kier molecular flexibility index (Phi) is 4.84. The van der Waals surface area contributed by atoms with Gasteiger partial charge in [-0.1, -0.05) is 0 Å². The van der Waals surface area contributed by atoms with Crippen molar-refractivity contribution in [1.29, 1.82) is 0 Å². The van der Waals surface area contributed by atoms with Crippen molar-refractivity contribution < 1.29 is 9.72 Å². The number of aromatic amines is 1. The minimum absolute atomic E-state index is 0.138. The first-order valence-electron chi connectivity index (χ1n) is 7.71. The summed E-state index contributed by atoms with van der Waals surface area (Å²) in [7, 11) is 0. The van der Waals surface area contributed by atoms with Crippen LogP contribution in [-0.4, -0.2) is 45.3 Å². The van der Waals surface area contributed by atoms with Crippen LogP contribution < -0.4 is 0 Å². The molecule has 1 N–H and O–H groups in total. The largest absolute Gasteiger partial charge is 0.338 e. The molecule has 1 aromatic carbocycles. The Bertz CT molecular complexity index is 748. The van der Waals surface area contributed by atoms with Gasteiger partial charge in [0.2, 0.25) is 0 Å². The third-order valence-electron chi connectivity index (χ3n) is 4.30. The van der Waals surface area contributed by atoms with Crippen molar-refractivity contribution >= 4 is 23.4 Å². The number of likely N-dealkylation sites (tertiary alicyclic amines) is 1. The Morgan fingerprint density at radius 1 is 1.46 bits per heavy atom. The molecule has 8 heteroatoms. The molecular weight excluding hydrogens is 328 g/mol. The molecule has 24 heavy (non-hydrogen) atoms. The van der Waals surface area contributed by atoms with Gasteiger partial charge in [-0.25, -0.2) is 0 Å². The number of nitrogens with zero attached hydrogens (tertiary/aromatic N) is 3. The summed E-state index contributed by atoms with van der Waals surface area (Å²) in [4.78, 5) is 26.2. The highest BCUT2D eigenvalue weighted by molar-refractivity contribution is 7.98. The number of benzene rings is 1. The van der Waals surface area contributed by atoms with Crippen LogP contribution >= 0.6 is 11.8 Å². The van der Waals surface area contributed by atoms with Gasteiger partial charge in [0.05, 0.1) is 4.92 Å². The van der Waals surface area contributed by atoms with Crippen LogP contribution in [0.2, 0.25) is 0 Å². The number of H-pyrrole nitrogens is 1. The van der Waals surface area contributed by atoms with Gasteiger partial charge in [-0.3, -0.25) is 20.0 Å². The number of rotatable bonds is 4. The normalized spacial score (nSPS) is 17.7. The number of carbonyl (C=O) groups is 1. The van der Waals surface area contributed by atoms with Gasteiger partial charge >= 0.3 is 0 Å². The number of piperidine rings is 1. The number of nitrogens with one attached hydrogen (secondary N) is 1. The number of nitro benzene ring substituents is 1. The number of thioether (sulfide) groups is 1. The minimum Gasteiger partial charge on any atom is -0.338 e. The maximum atomic E-state index is 12.9. The Labute approximate surface area is 143 Å². The molecule has 0 aliphatic carbocycles. The highest BCUT2D eigenvalue weighted by Crippen LogP contribution is 2.30. The van der Waals surface area contributed by atoms with Crippen LogP contribution in [0.1, 0.15) is 34.8 Å². The van der Waals surface area contributed by atoms with E-state index in [1.54, 1.807) is 23.2 Å². The SMILES string of the molecule is CSc1ccc([N+](=O)[O-])c(C(=O)N2CCC[C@@H](c3ccn[nH]3)C2)c1. The standard InChI is InChI=1S/C16H18N4O3S/c1-24-12-4-5-15(20(22)23)13(9-12)16(21)19-8-2-3-11(10-19)14-6-7-17-18-14/h4-7,9,11H,2-3,8,10H2,1H3,(H,17,18)/t11-/m1/s1. The van der Waals surface area contributed by atoms with E-state index in [9.17, 15) is 14.9 Å². The summed E-state index contributed by atoms with van der Waals surface area (Å²) in [6.07, 6.45) is 5.41. The summed E-state index contributed by atoms with van der Waals surface area (Å²) in [5.74, 6) is -0.0881. The van der Waals surface area contributed by atoms with Crippen LogP contribution in [0.5, 0.6) is 0 Å². The Balaban J connectivity index is 1.86. The number of carbonyl (C=O) groups excluding carboxylic acids is 1. The van der Waals surface area contributed by atoms with E-state index in [0.29, 0.717) is 13.1 Å². The molecule has 1 saturated heterocycles. The number of nitro groups is 1. The quantitative estimate of drug-likeness (QED) is 0.522. The van der Waals surface area contributed by atoms with Crippen LogP contribution in [0.3, 0.4) is 0 Å². The molecule has 0 radical (unpaired) electrons. The summed E-state index contributed by atoms with van der Waals surface area (Å²) in [6, 6.07) is 6.61. The van der Waals surface area contributed by atoms with E-state index < -0.39 is 4.92 Å². The van der Waals surface area contributed by atoms with Gasteiger partial charge in [-0.05, 0) is 37.3 Å². The van der Waals surface area contributed by atoms with Crippen molar-refractivity contribution in [3.8, 4) is 0 Å². The number of aromatic nitrogens is 2. The average Bonchev–Trinajstić information content (AvgIpc) is 3.15. The molecule has 1 aliphatic rings. The van der Waals surface area contributed by atoms with Crippen LogP contribution in [-0.2, 0) is 0 Å². The van der Waals surface area contributed by atoms with Crippen molar-refractivity contribution in [2.24, 2.45) is 0 Å². The first-order valence-corrected chi connectivity index (χ1v) is 8.93. The zero-order chi connectivity index (χ0) is 17.1. The molecule has 1 aromatic heterocycles. The highest BCUT2D eigenvalue weighted by Gasteiger charge is 2.30. The Morgan fingerprint density at radius 3 is 2.96 bits per heavy atom. The van der Waals surface area contributed by atoms with Gasteiger partial charge in [0.25, 0.3) is 11.6 Å². The second kappa shape index (κ2) is 7.04. The van der Waals surface area contributed by atoms with Crippen molar-refractivity contribution in [1.82, 2.24) is 15.1 Å². The summed E-state index contributed by atoms with van der Waals surface area (Å²) in [5, 5.41) is 18.2. The average molecular weight is 346 g/mol. The van der Waals surface area contributed by atoms with Crippen LogP contribution in [0.4, 0.5) is 5.69 Å². The van der Waals surface area contributed by atoms with Crippen molar-refractivity contribution in [3.05, 3.63) is 51.8 Å². The lowest BCUT2D eigenvalue weighted by molar-refractivity contribution is -0.385. The first-order chi connectivity index (χ1) is 11.6. The lowest BCUT2D eigenvalue weighted by Gasteiger charge is -2.32. The van der Waals surface area contributed by atoms with Crippen molar-refractivity contribution in [2.45, 2.75) is 23.7 Å². The minimum atomic E-state index is -0.492. The number of hydrogen-bond acceptors (Lipinski definition) is 5. The van der Waals surface area contributed by atoms with Crippen molar-refractivity contribution in [2.75, 3.05) is 19.3 Å². The second-order valence-corrected chi connectivity index (χ2v) is 6.62. The van der Waals surface area contributed by atoms with E-state index in [4.69, 9.17) is 0 Å². The molecule has 1 amide bonds. The molecule has 2 heterocycles. The molecule has 3 rings (SSSR count). The van der Waals surface area contributed by atoms with E-state index in [1.807, 2.05) is 12.3 Å². The van der Waals surface area contributed by atoms with Crippen LogP contribution in [0.15, 0.2) is 35.4 Å². The van der Waals surface area contributed by atoms with Gasteiger partial charge in [-0.2, -0.15) is 5.10 Å². The van der Waals surface area contributed by atoms with Gasteiger partial charge in [-0.15, -0.1) is 11.8 Å². The molecule has 2 aromatic rings. The monoisotopic (exact) mass is 346 g/mol. The summed E-state index contributed by atoms with van der Waals surface area (Å²) in [5.41, 5.74) is 1.03. The number of amides is 1. The molecule has 7 nitrogen and oxygen atoms in total. The van der Waals surface area contributed by atoms with E-state index in [2.05, 4.69) is 10.2 Å². The maximum Gasteiger partial charge on any atom is 0.282 e. The van der Waals surface area contributed by atoms with E-state index in [-0.39, 0.29) is 23.1 Å². The predicted molar refractivity (Wildman–Crippen MR) is 91.3 cm³/mol. The van der Waals surface area contributed by atoms with Gasteiger partial charge in [0.1, 0.15) is 5.56 Å². The Morgan fingerprint density at radius 2 is 2.29 bits per heavy atom. The Hall–Kier alpha value is -2.35. The zero-order valence-corrected chi connectivity index (χ0v) is 14.1. The van der Waals surface area contributed by atoms with E-state index in [0.717, 1.165) is 23.4 Å². The van der Waals surface area contributed by atoms with Gasteiger partial charge < -0.3 is 4.90 Å². The predicted octanol–water partition coefficient (Wildman–Crippen LogP) is 3.06. The molecule has 1 atom stereocenters. The van der Waals surface area contributed by atoms with Crippen LogP contribution in [0, 0.1) is 10.1 Å². The molecule has 0 saturated carbocycles. The van der Waals surface area contributed by atoms with E-state index in [1.165, 1.54) is 17.8 Å². The highest BCUT2D eigenvalue weighted by atomic mass is 32.2. The third-order valence-corrected chi connectivity index (χ3v) is 5.03. The fourth-order valence-electron chi connectivity index (χ4n) is 3.05. The molecular formula is C16H18N4O3S. The lowest BCUT2D eigenvalue weighted by atomic mass is 9.94. The molecule has 126 valence electrons. The topological polar surface area (TPSA) is 92.1 Å². The van der Waals surface area contributed by atoms with Gasteiger partial charge in [0.15, 0.2) is 0 Å². The fraction of sp³-hybridized carbons (Fsp3) is 0.375. The smallest absolute Gasteiger partial charge is 0.282 e. The molecule has 1 aliphatic heterocycles. The summed E-state index contributed by atoms with van der Waals surface area (Å²) >= 11 is 1.46. The lowest BCUT2D eigenvalue weighted by Crippen LogP contribution is -2.39. The summed E-state index contributed by atoms with van der Waals surface area (Å²) in [6.45, 7) is 1.16. The van der Waals surface area contributed by atoms with Crippen molar-refractivity contribution in [3.63, 3.8) is 0 Å². The van der Waals surface area contributed by atoms with E-state index >= 15 is 0 Å². The zero-order valence-electron chi connectivity index (χ0n) is 13.3. The molecule has 0 bridgehead atoms. The maximum absolute atomic E-state index is 12.9. The fourth-order valence-corrected chi connectivity index (χ4v) is 3.49. The molecule has 0 spiro atoms. The summed E-state index contributed by atoms with van der Waals surface area (Å²) < 4.78 is 0.